The molecule has 5 heterocycles. The zero-order chi connectivity index (χ0) is 24.4. The van der Waals surface area contributed by atoms with Crippen LogP contribution in [0.25, 0.3) is 22.2 Å². The molecule has 0 radical (unpaired) electrons. The molecule has 0 aliphatic carbocycles. The van der Waals surface area contributed by atoms with Crippen LogP contribution in [0.1, 0.15) is 37.3 Å². The quantitative estimate of drug-likeness (QED) is 0.590. The van der Waals surface area contributed by atoms with Crippen LogP contribution in [0.15, 0.2) is 41.5 Å². The van der Waals surface area contributed by atoms with E-state index >= 15 is 0 Å². The molecule has 2 saturated heterocycles. The molecule has 2 fully saturated rings. The van der Waals surface area contributed by atoms with E-state index in [1.165, 1.54) is 5.69 Å². The zero-order valence-corrected chi connectivity index (χ0v) is 20.7. The standard InChI is InChI=1S/C27H35N5O3/c1-30(2)26(34)18-31-11-6-20(7-12-31)24-15-23-22(5-10-28-27(23)29-24)21-3-4-25(33)32(17-21)16-19-8-13-35-14-9-19/h3-5,10,15,17,19-20H,6-9,11-14,16,18H2,1-2H3,(H,28,29). The van der Waals surface area contributed by atoms with Crippen molar-refractivity contribution in [1.29, 1.82) is 0 Å². The molecule has 0 bridgehead atoms. The SMILES string of the molecule is CN(C)C(=O)CN1CCC(c2cc3c(-c4ccc(=O)n(CC5CCOCC5)c4)ccnc3[nH]2)CC1. The summed E-state index contributed by atoms with van der Waals surface area (Å²) in [5.41, 5.74) is 4.25. The highest BCUT2D eigenvalue weighted by Gasteiger charge is 2.24. The second-order valence-electron chi connectivity index (χ2n) is 10.1. The number of likely N-dealkylation sites (N-methyl/N-ethyl adjacent to an activating group) is 1. The number of hydrogen-bond acceptors (Lipinski definition) is 5. The first kappa shape index (κ1) is 23.8. The number of piperidine rings is 1. The van der Waals surface area contributed by atoms with Gasteiger partial charge in [0.25, 0.3) is 5.56 Å². The van der Waals surface area contributed by atoms with Crippen molar-refractivity contribution >= 4 is 16.9 Å². The molecule has 186 valence electrons. The fraction of sp³-hybridized carbons (Fsp3) is 0.519. The van der Waals surface area contributed by atoms with Crippen molar-refractivity contribution < 1.29 is 9.53 Å². The molecule has 8 heteroatoms. The summed E-state index contributed by atoms with van der Waals surface area (Å²) < 4.78 is 7.33. The Hall–Kier alpha value is -2.97. The summed E-state index contributed by atoms with van der Waals surface area (Å²) in [6, 6.07) is 7.87. The summed E-state index contributed by atoms with van der Waals surface area (Å²) in [4.78, 5) is 36.7. The van der Waals surface area contributed by atoms with Crippen molar-refractivity contribution in [3.05, 3.63) is 52.7 Å². The number of aromatic amines is 1. The minimum atomic E-state index is 0.0415. The largest absolute Gasteiger partial charge is 0.381 e. The molecular weight excluding hydrogens is 442 g/mol. The number of likely N-dealkylation sites (tertiary alicyclic amines) is 1. The summed E-state index contributed by atoms with van der Waals surface area (Å²) in [5, 5.41) is 1.09. The van der Waals surface area contributed by atoms with Gasteiger partial charge in [-0.1, -0.05) is 0 Å². The van der Waals surface area contributed by atoms with Gasteiger partial charge in [0.15, 0.2) is 0 Å². The van der Waals surface area contributed by atoms with Crippen LogP contribution in [0.3, 0.4) is 0 Å². The third-order valence-corrected chi connectivity index (χ3v) is 7.53. The zero-order valence-electron chi connectivity index (χ0n) is 20.7. The van der Waals surface area contributed by atoms with Gasteiger partial charge in [-0.05, 0) is 74.0 Å². The third-order valence-electron chi connectivity index (χ3n) is 7.53. The van der Waals surface area contributed by atoms with Gasteiger partial charge in [-0.3, -0.25) is 14.5 Å². The Morgan fingerprint density at radius 3 is 2.66 bits per heavy atom. The lowest BCUT2D eigenvalue weighted by molar-refractivity contribution is -0.130. The van der Waals surface area contributed by atoms with Gasteiger partial charge in [0, 0.05) is 69.3 Å². The van der Waals surface area contributed by atoms with Crippen molar-refractivity contribution in [1.82, 2.24) is 24.3 Å². The number of fused-ring (bicyclic) bond motifs is 1. The Labute approximate surface area is 205 Å². The van der Waals surface area contributed by atoms with Gasteiger partial charge in [-0.2, -0.15) is 0 Å². The van der Waals surface area contributed by atoms with Gasteiger partial charge in [0.1, 0.15) is 5.65 Å². The maximum absolute atomic E-state index is 12.6. The van der Waals surface area contributed by atoms with E-state index in [4.69, 9.17) is 4.74 Å². The highest BCUT2D eigenvalue weighted by atomic mass is 16.5. The first-order valence-corrected chi connectivity index (χ1v) is 12.7. The van der Waals surface area contributed by atoms with E-state index in [-0.39, 0.29) is 11.5 Å². The topological polar surface area (TPSA) is 83.5 Å². The minimum absolute atomic E-state index is 0.0415. The van der Waals surface area contributed by atoms with E-state index in [2.05, 4.69) is 20.9 Å². The van der Waals surface area contributed by atoms with Crippen LogP contribution in [0, 0.1) is 5.92 Å². The normalized spacial score (nSPS) is 18.2. The monoisotopic (exact) mass is 477 g/mol. The average Bonchev–Trinajstić information content (AvgIpc) is 3.31. The van der Waals surface area contributed by atoms with Crippen LogP contribution in [0.5, 0.6) is 0 Å². The maximum Gasteiger partial charge on any atom is 0.250 e. The second kappa shape index (κ2) is 10.3. The number of hydrogen-bond donors (Lipinski definition) is 1. The van der Waals surface area contributed by atoms with Gasteiger partial charge in [0.2, 0.25) is 5.91 Å². The Balaban J connectivity index is 1.35. The lowest BCUT2D eigenvalue weighted by atomic mass is 9.93. The summed E-state index contributed by atoms with van der Waals surface area (Å²) in [6.07, 6.45) is 7.86. The van der Waals surface area contributed by atoms with Crippen LogP contribution in [0.2, 0.25) is 0 Å². The van der Waals surface area contributed by atoms with Crippen molar-refractivity contribution in [2.45, 2.75) is 38.1 Å². The number of nitrogens with one attached hydrogen (secondary N) is 1. The summed E-state index contributed by atoms with van der Waals surface area (Å²) >= 11 is 0. The van der Waals surface area contributed by atoms with E-state index in [0.717, 1.165) is 80.7 Å². The molecule has 5 rings (SSSR count). The first-order chi connectivity index (χ1) is 17.0. The van der Waals surface area contributed by atoms with Gasteiger partial charge in [0.05, 0.1) is 6.54 Å². The van der Waals surface area contributed by atoms with Crippen LogP contribution >= 0.6 is 0 Å². The van der Waals surface area contributed by atoms with E-state index in [1.807, 2.05) is 29.1 Å². The van der Waals surface area contributed by atoms with Crippen LogP contribution in [-0.2, 0) is 16.1 Å². The predicted molar refractivity (Wildman–Crippen MR) is 136 cm³/mol. The number of aromatic nitrogens is 3. The lowest BCUT2D eigenvalue weighted by Crippen LogP contribution is -2.40. The first-order valence-electron chi connectivity index (χ1n) is 12.7. The number of pyridine rings is 2. The smallest absolute Gasteiger partial charge is 0.250 e. The number of carbonyl (C=O) groups excluding carboxylic acids is 1. The van der Waals surface area contributed by atoms with Crippen molar-refractivity contribution in [3.63, 3.8) is 0 Å². The molecule has 1 N–H and O–H groups in total. The fourth-order valence-corrected chi connectivity index (χ4v) is 5.29. The molecule has 0 unspecified atom stereocenters. The Kier molecular flexibility index (Phi) is 7.02. The molecule has 0 spiro atoms. The Bertz CT molecular complexity index is 1230. The summed E-state index contributed by atoms with van der Waals surface area (Å²) in [7, 11) is 3.61. The molecule has 0 aromatic carbocycles. The van der Waals surface area contributed by atoms with E-state index in [0.29, 0.717) is 18.4 Å². The third kappa shape index (κ3) is 5.33. The van der Waals surface area contributed by atoms with Crippen LogP contribution in [-0.4, -0.2) is 77.2 Å². The van der Waals surface area contributed by atoms with Gasteiger partial charge in [-0.25, -0.2) is 4.98 Å². The summed E-state index contributed by atoms with van der Waals surface area (Å²) in [5.74, 6) is 1.05. The molecule has 8 nitrogen and oxygen atoms in total. The molecule has 0 atom stereocenters. The number of carbonyl (C=O) groups is 1. The second-order valence-corrected chi connectivity index (χ2v) is 10.1. The molecule has 35 heavy (non-hydrogen) atoms. The van der Waals surface area contributed by atoms with Gasteiger partial charge < -0.3 is 19.2 Å². The highest BCUT2D eigenvalue weighted by Crippen LogP contribution is 2.33. The Morgan fingerprint density at radius 1 is 1.14 bits per heavy atom. The number of amides is 1. The van der Waals surface area contributed by atoms with E-state index < -0.39 is 0 Å². The van der Waals surface area contributed by atoms with Gasteiger partial charge in [-0.15, -0.1) is 0 Å². The molecule has 3 aromatic heterocycles. The molecule has 2 aliphatic heterocycles. The van der Waals surface area contributed by atoms with E-state index in [9.17, 15) is 9.59 Å². The number of H-pyrrole nitrogens is 1. The molecule has 2 aliphatic rings. The molecular formula is C27H35N5O3. The van der Waals surface area contributed by atoms with E-state index in [1.54, 1.807) is 25.1 Å². The van der Waals surface area contributed by atoms with Crippen molar-refractivity contribution in [2.75, 3.05) is 46.9 Å². The van der Waals surface area contributed by atoms with Crippen LogP contribution < -0.4 is 5.56 Å². The van der Waals surface area contributed by atoms with Crippen molar-refractivity contribution in [3.8, 4) is 11.1 Å². The number of ether oxygens (including phenoxy) is 1. The number of nitrogens with zero attached hydrogens (tertiary/aromatic N) is 4. The highest BCUT2D eigenvalue weighted by molar-refractivity contribution is 5.93. The van der Waals surface area contributed by atoms with Crippen molar-refractivity contribution in [2.24, 2.45) is 5.92 Å². The fourth-order valence-electron chi connectivity index (χ4n) is 5.29. The predicted octanol–water partition coefficient (Wildman–Crippen LogP) is 3.09. The Morgan fingerprint density at radius 2 is 1.91 bits per heavy atom. The molecule has 3 aromatic rings. The molecule has 0 saturated carbocycles. The summed E-state index contributed by atoms with van der Waals surface area (Å²) in [6.45, 7) is 4.61. The lowest BCUT2D eigenvalue weighted by Gasteiger charge is -2.31. The number of rotatable bonds is 6. The molecule has 1 amide bonds. The van der Waals surface area contributed by atoms with Gasteiger partial charge >= 0.3 is 0 Å². The average molecular weight is 478 g/mol. The van der Waals surface area contributed by atoms with Crippen LogP contribution in [0.4, 0.5) is 0 Å². The minimum Gasteiger partial charge on any atom is -0.381 e. The maximum atomic E-state index is 12.6.